The highest BCUT2D eigenvalue weighted by molar-refractivity contribution is 6.32. The molecule has 3 amide bonds. The summed E-state index contributed by atoms with van der Waals surface area (Å²) >= 11 is 6.05. The number of amides is 3. The van der Waals surface area contributed by atoms with Crippen molar-refractivity contribution in [1.82, 2.24) is 10.6 Å². The third kappa shape index (κ3) is 5.81. The molecule has 0 spiro atoms. The summed E-state index contributed by atoms with van der Waals surface area (Å²) in [5.41, 5.74) is 0.574. The van der Waals surface area contributed by atoms with Crippen LogP contribution in [0.4, 0.5) is 4.79 Å². The van der Waals surface area contributed by atoms with Gasteiger partial charge in [-0.25, -0.2) is 9.59 Å². The van der Waals surface area contributed by atoms with Crippen LogP contribution in [0, 0.1) is 0 Å². The molecule has 0 saturated heterocycles. The number of hydrogen-bond donors (Lipinski definition) is 2. The number of ether oxygens (including phenoxy) is 3. The first-order valence-corrected chi connectivity index (χ1v) is 7.07. The zero-order chi connectivity index (χ0) is 18.1. The quantitative estimate of drug-likeness (QED) is 0.589. The molecule has 2 N–H and O–H groups in total. The average Bonchev–Trinajstić information content (AvgIpc) is 2.57. The molecular formula is C15H17ClN2O6. The van der Waals surface area contributed by atoms with Crippen LogP contribution in [0.5, 0.6) is 11.5 Å². The smallest absolute Gasteiger partial charge is 0.331 e. The standard InChI is InChI=1S/C15H17ClN2O6/c1-17-15(21)18-12(19)8-24-13(20)5-4-9-6-10(16)14(23-3)11(7-9)22-2/h4-7H,8H2,1-3H3,(H2,17,18,19,21). The van der Waals surface area contributed by atoms with Crippen molar-refractivity contribution in [2.24, 2.45) is 0 Å². The molecule has 0 heterocycles. The van der Waals surface area contributed by atoms with Crippen LogP contribution in [0.3, 0.4) is 0 Å². The highest BCUT2D eigenvalue weighted by Crippen LogP contribution is 2.36. The summed E-state index contributed by atoms with van der Waals surface area (Å²) in [4.78, 5) is 33.7. The number of nitrogens with one attached hydrogen (secondary N) is 2. The molecule has 1 aromatic rings. The van der Waals surface area contributed by atoms with Gasteiger partial charge in [-0.1, -0.05) is 11.6 Å². The number of urea groups is 1. The van der Waals surface area contributed by atoms with Gasteiger partial charge < -0.3 is 19.5 Å². The van der Waals surface area contributed by atoms with Gasteiger partial charge in [-0.15, -0.1) is 0 Å². The summed E-state index contributed by atoms with van der Waals surface area (Å²) in [5.74, 6) is -0.717. The van der Waals surface area contributed by atoms with Crippen LogP contribution in [0.1, 0.15) is 5.56 Å². The Kier molecular flexibility index (Phi) is 7.57. The third-order valence-corrected chi connectivity index (χ3v) is 2.97. The molecule has 8 nitrogen and oxygen atoms in total. The number of halogens is 1. The Morgan fingerprint density at radius 3 is 2.50 bits per heavy atom. The lowest BCUT2D eigenvalue weighted by Gasteiger charge is -2.10. The lowest BCUT2D eigenvalue weighted by Crippen LogP contribution is -2.39. The molecule has 0 bridgehead atoms. The van der Waals surface area contributed by atoms with E-state index < -0.39 is 24.5 Å². The van der Waals surface area contributed by atoms with E-state index in [0.717, 1.165) is 6.08 Å². The number of imide groups is 1. The molecule has 0 radical (unpaired) electrons. The van der Waals surface area contributed by atoms with Crippen LogP contribution < -0.4 is 20.1 Å². The molecule has 130 valence electrons. The average molecular weight is 357 g/mol. The van der Waals surface area contributed by atoms with Crippen LogP contribution >= 0.6 is 11.6 Å². The van der Waals surface area contributed by atoms with Gasteiger partial charge in [0.25, 0.3) is 5.91 Å². The van der Waals surface area contributed by atoms with E-state index in [4.69, 9.17) is 25.8 Å². The van der Waals surface area contributed by atoms with E-state index in [2.05, 4.69) is 5.32 Å². The van der Waals surface area contributed by atoms with Crippen LogP contribution in [-0.2, 0) is 14.3 Å². The van der Waals surface area contributed by atoms with Crippen molar-refractivity contribution in [1.29, 1.82) is 0 Å². The fourth-order valence-electron chi connectivity index (χ4n) is 1.61. The molecule has 0 aliphatic carbocycles. The first-order chi connectivity index (χ1) is 11.4. The second-order valence-corrected chi connectivity index (χ2v) is 4.71. The SMILES string of the molecule is CNC(=O)NC(=O)COC(=O)C=Cc1cc(Cl)c(OC)c(OC)c1. The van der Waals surface area contributed by atoms with Gasteiger partial charge in [0.2, 0.25) is 0 Å². The van der Waals surface area contributed by atoms with E-state index in [9.17, 15) is 14.4 Å². The van der Waals surface area contributed by atoms with Gasteiger partial charge in [-0.2, -0.15) is 0 Å². The van der Waals surface area contributed by atoms with Crippen molar-refractivity contribution in [2.45, 2.75) is 0 Å². The van der Waals surface area contributed by atoms with E-state index >= 15 is 0 Å². The molecule has 0 atom stereocenters. The fraction of sp³-hybridized carbons (Fsp3) is 0.267. The highest BCUT2D eigenvalue weighted by atomic mass is 35.5. The van der Waals surface area contributed by atoms with E-state index in [1.807, 2.05) is 5.32 Å². The number of hydrogen-bond acceptors (Lipinski definition) is 6. The van der Waals surface area contributed by atoms with Crippen molar-refractivity contribution >= 4 is 35.6 Å². The second kappa shape index (κ2) is 9.41. The maximum atomic E-state index is 11.6. The maximum absolute atomic E-state index is 11.6. The summed E-state index contributed by atoms with van der Waals surface area (Å²) < 4.78 is 14.9. The van der Waals surface area contributed by atoms with Crippen molar-refractivity contribution in [2.75, 3.05) is 27.9 Å². The summed E-state index contributed by atoms with van der Waals surface area (Å²) in [7, 11) is 4.27. The van der Waals surface area contributed by atoms with Crippen molar-refractivity contribution in [3.63, 3.8) is 0 Å². The molecule has 0 aromatic heterocycles. The molecule has 0 fully saturated rings. The lowest BCUT2D eigenvalue weighted by molar-refractivity contribution is -0.143. The fourth-order valence-corrected chi connectivity index (χ4v) is 1.90. The zero-order valence-corrected chi connectivity index (χ0v) is 14.1. The van der Waals surface area contributed by atoms with Crippen molar-refractivity contribution in [3.05, 3.63) is 28.8 Å². The Labute approximate surface area is 143 Å². The van der Waals surface area contributed by atoms with Crippen LogP contribution in [-0.4, -0.2) is 45.8 Å². The van der Waals surface area contributed by atoms with Crippen molar-refractivity contribution in [3.8, 4) is 11.5 Å². The predicted octanol–water partition coefficient (Wildman–Crippen LogP) is 1.37. The molecule has 1 rings (SSSR count). The van der Waals surface area contributed by atoms with E-state index in [0.29, 0.717) is 22.1 Å². The predicted molar refractivity (Wildman–Crippen MR) is 87.1 cm³/mol. The van der Waals surface area contributed by atoms with Gasteiger partial charge in [0.1, 0.15) is 0 Å². The normalized spacial score (nSPS) is 10.2. The number of esters is 1. The Morgan fingerprint density at radius 1 is 1.21 bits per heavy atom. The first kappa shape index (κ1) is 19.3. The number of carbonyl (C=O) groups excluding carboxylic acids is 3. The first-order valence-electron chi connectivity index (χ1n) is 6.69. The van der Waals surface area contributed by atoms with Crippen LogP contribution in [0.2, 0.25) is 5.02 Å². The number of rotatable bonds is 6. The van der Waals surface area contributed by atoms with Crippen LogP contribution in [0.15, 0.2) is 18.2 Å². The third-order valence-electron chi connectivity index (χ3n) is 2.69. The summed E-state index contributed by atoms with van der Waals surface area (Å²) in [6, 6.07) is 2.50. The van der Waals surface area contributed by atoms with Gasteiger partial charge in [0.15, 0.2) is 18.1 Å². The highest BCUT2D eigenvalue weighted by Gasteiger charge is 2.11. The monoisotopic (exact) mass is 356 g/mol. The largest absolute Gasteiger partial charge is 0.493 e. The molecule has 0 unspecified atom stereocenters. The zero-order valence-electron chi connectivity index (χ0n) is 13.3. The molecular weight excluding hydrogens is 340 g/mol. The van der Waals surface area contributed by atoms with Gasteiger partial charge >= 0.3 is 12.0 Å². The summed E-state index contributed by atoms with van der Waals surface area (Å²) in [6.45, 7) is -0.580. The minimum atomic E-state index is -0.757. The number of benzene rings is 1. The molecule has 9 heteroatoms. The molecule has 1 aromatic carbocycles. The summed E-state index contributed by atoms with van der Waals surface area (Å²) in [6.07, 6.45) is 2.55. The Hall–Kier alpha value is -2.74. The van der Waals surface area contributed by atoms with Gasteiger partial charge in [-0.3, -0.25) is 10.1 Å². The Morgan fingerprint density at radius 2 is 1.92 bits per heavy atom. The molecule has 0 aliphatic heterocycles. The van der Waals surface area contributed by atoms with E-state index in [1.54, 1.807) is 12.1 Å². The van der Waals surface area contributed by atoms with Gasteiger partial charge in [0.05, 0.1) is 19.2 Å². The second-order valence-electron chi connectivity index (χ2n) is 4.31. The summed E-state index contributed by atoms with van der Waals surface area (Å²) in [5, 5.41) is 4.47. The van der Waals surface area contributed by atoms with Crippen molar-refractivity contribution < 1.29 is 28.6 Å². The number of methoxy groups -OCH3 is 2. The van der Waals surface area contributed by atoms with E-state index in [-0.39, 0.29) is 0 Å². The van der Waals surface area contributed by atoms with Gasteiger partial charge in [0, 0.05) is 13.1 Å². The minimum Gasteiger partial charge on any atom is -0.493 e. The molecule has 0 aliphatic rings. The molecule has 0 saturated carbocycles. The molecule has 24 heavy (non-hydrogen) atoms. The maximum Gasteiger partial charge on any atom is 0.331 e. The topological polar surface area (TPSA) is 103 Å². The lowest BCUT2D eigenvalue weighted by atomic mass is 10.2. The number of carbonyl (C=O) groups is 3. The Bertz CT molecular complexity index is 660. The van der Waals surface area contributed by atoms with Gasteiger partial charge in [-0.05, 0) is 23.8 Å². The minimum absolute atomic E-state index is 0.315. The Balaban J connectivity index is 2.66. The van der Waals surface area contributed by atoms with Crippen LogP contribution in [0.25, 0.3) is 6.08 Å². The van der Waals surface area contributed by atoms with E-state index in [1.165, 1.54) is 27.3 Å².